The standard InChI is InChI=1S/C21H29N5O/c1-14-10-11-16-17(13-14)26-15(2)24-25-20(26)19(23-16)22-12-8-6-7-9-18(27)21(3,4)5/h10-11,13H,6-9,12H2,1-5H3,(H,22,23). The highest BCUT2D eigenvalue weighted by Crippen LogP contribution is 2.23. The summed E-state index contributed by atoms with van der Waals surface area (Å²) in [5, 5.41) is 11.9. The monoisotopic (exact) mass is 367 g/mol. The molecule has 3 rings (SSSR count). The minimum atomic E-state index is -0.233. The van der Waals surface area contributed by atoms with Gasteiger partial charge in [0.15, 0.2) is 5.82 Å². The van der Waals surface area contributed by atoms with Crippen LogP contribution >= 0.6 is 0 Å². The SMILES string of the molecule is Cc1ccc2nc(NCCCCCC(=O)C(C)(C)C)c3nnc(C)n3c2c1. The number of aryl methyl sites for hydroxylation is 2. The van der Waals surface area contributed by atoms with Gasteiger partial charge in [0.25, 0.3) is 0 Å². The Labute approximate surface area is 160 Å². The number of Topliss-reactive ketones (excluding diaryl/α,β-unsaturated/α-hetero) is 1. The average Bonchev–Trinajstić information content (AvgIpc) is 2.99. The van der Waals surface area contributed by atoms with Crippen molar-refractivity contribution >= 4 is 28.3 Å². The van der Waals surface area contributed by atoms with Crippen molar-refractivity contribution in [1.29, 1.82) is 0 Å². The average molecular weight is 367 g/mol. The van der Waals surface area contributed by atoms with Crippen LogP contribution in [0.25, 0.3) is 16.7 Å². The van der Waals surface area contributed by atoms with E-state index in [9.17, 15) is 4.79 Å². The maximum Gasteiger partial charge on any atom is 0.204 e. The molecule has 0 aliphatic heterocycles. The minimum Gasteiger partial charge on any atom is -0.367 e. The molecule has 0 saturated carbocycles. The number of unbranched alkanes of at least 4 members (excludes halogenated alkanes) is 2. The Hall–Kier alpha value is -2.50. The summed E-state index contributed by atoms with van der Waals surface area (Å²) in [6.45, 7) is 10.8. The fraction of sp³-hybridized carbons (Fsp3) is 0.524. The van der Waals surface area contributed by atoms with Gasteiger partial charge >= 0.3 is 0 Å². The molecule has 1 N–H and O–H groups in total. The highest BCUT2D eigenvalue weighted by atomic mass is 16.1. The maximum absolute atomic E-state index is 12.0. The van der Waals surface area contributed by atoms with Crippen molar-refractivity contribution in [3.63, 3.8) is 0 Å². The number of ketones is 1. The Morgan fingerprint density at radius 3 is 2.63 bits per heavy atom. The minimum absolute atomic E-state index is 0.233. The van der Waals surface area contributed by atoms with Crippen molar-refractivity contribution < 1.29 is 4.79 Å². The van der Waals surface area contributed by atoms with E-state index in [1.807, 2.05) is 33.8 Å². The first kappa shape index (κ1) is 19.3. The van der Waals surface area contributed by atoms with Gasteiger partial charge in [0.2, 0.25) is 5.65 Å². The molecule has 0 aliphatic carbocycles. The van der Waals surface area contributed by atoms with Crippen molar-refractivity contribution in [2.45, 2.75) is 60.3 Å². The fourth-order valence-corrected chi connectivity index (χ4v) is 3.17. The van der Waals surface area contributed by atoms with Crippen LogP contribution in [-0.4, -0.2) is 31.9 Å². The first-order chi connectivity index (χ1) is 12.8. The number of carbonyl (C=O) groups is 1. The molecule has 3 aromatic rings. The summed E-state index contributed by atoms with van der Waals surface area (Å²) in [5.74, 6) is 1.95. The van der Waals surface area contributed by atoms with Gasteiger partial charge in [0, 0.05) is 18.4 Å². The number of aromatic nitrogens is 4. The van der Waals surface area contributed by atoms with Gasteiger partial charge in [-0.1, -0.05) is 33.3 Å². The second kappa shape index (κ2) is 7.62. The zero-order valence-corrected chi connectivity index (χ0v) is 17.0. The van der Waals surface area contributed by atoms with E-state index < -0.39 is 0 Å². The Bertz CT molecular complexity index is 968. The predicted octanol–water partition coefficient (Wildman–Crippen LogP) is 4.48. The number of hydrogen-bond donors (Lipinski definition) is 1. The van der Waals surface area contributed by atoms with Gasteiger partial charge in [-0.15, -0.1) is 10.2 Å². The van der Waals surface area contributed by atoms with E-state index in [1.165, 1.54) is 5.56 Å². The van der Waals surface area contributed by atoms with Gasteiger partial charge < -0.3 is 5.32 Å². The predicted molar refractivity (Wildman–Crippen MR) is 109 cm³/mol. The molecule has 27 heavy (non-hydrogen) atoms. The molecule has 0 saturated heterocycles. The molecule has 0 amide bonds. The van der Waals surface area contributed by atoms with Gasteiger partial charge in [0.05, 0.1) is 11.0 Å². The van der Waals surface area contributed by atoms with Crippen molar-refractivity contribution in [1.82, 2.24) is 19.6 Å². The zero-order chi connectivity index (χ0) is 19.6. The molecule has 1 aromatic carbocycles. The van der Waals surface area contributed by atoms with Gasteiger partial charge in [-0.05, 0) is 44.4 Å². The first-order valence-electron chi connectivity index (χ1n) is 9.66. The summed E-state index contributed by atoms with van der Waals surface area (Å²) in [6.07, 6.45) is 3.60. The number of rotatable bonds is 7. The molecular formula is C21H29N5O. The first-order valence-corrected chi connectivity index (χ1v) is 9.66. The third-order valence-corrected chi connectivity index (χ3v) is 4.85. The summed E-state index contributed by atoms with van der Waals surface area (Å²) < 4.78 is 2.06. The van der Waals surface area contributed by atoms with E-state index in [1.54, 1.807) is 0 Å². The Morgan fingerprint density at radius 2 is 1.89 bits per heavy atom. The number of nitrogens with zero attached hydrogens (tertiary/aromatic N) is 4. The van der Waals surface area contributed by atoms with E-state index in [4.69, 9.17) is 4.98 Å². The normalized spacial score (nSPS) is 12.0. The molecule has 2 heterocycles. The molecule has 2 aromatic heterocycles. The molecule has 0 unspecified atom stereocenters. The number of anilines is 1. The topological polar surface area (TPSA) is 72.2 Å². The summed E-state index contributed by atoms with van der Waals surface area (Å²) in [7, 11) is 0. The largest absolute Gasteiger partial charge is 0.367 e. The van der Waals surface area contributed by atoms with Crippen LogP contribution in [0.2, 0.25) is 0 Å². The summed E-state index contributed by atoms with van der Waals surface area (Å²) in [5.41, 5.74) is 3.66. The van der Waals surface area contributed by atoms with E-state index >= 15 is 0 Å². The highest BCUT2D eigenvalue weighted by molar-refractivity contribution is 5.84. The Balaban J connectivity index is 1.65. The Morgan fingerprint density at radius 1 is 1.11 bits per heavy atom. The molecule has 144 valence electrons. The highest BCUT2D eigenvalue weighted by Gasteiger charge is 2.20. The molecule has 0 bridgehead atoms. The van der Waals surface area contributed by atoms with Gasteiger partial charge in [-0.3, -0.25) is 9.20 Å². The fourth-order valence-electron chi connectivity index (χ4n) is 3.17. The second-order valence-corrected chi connectivity index (χ2v) is 8.27. The molecule has 0 fully saturated rings. The van der Waals surface area contributed by atoms with Crippen LogP contribution in [0, 0.1) is 19.3 Å². The summed E-state index contributed by atoms with van der Waals surface area (Å²) >= 11 is 0. The number of nitrogens with one attached hydrogen (secondary N) is 1. The third kappa shape index (κ3) is 4.26. The lowest BCUT2D eigenvalue weighted by Gasteiger charge is -2.16. The van der Waals surface area contributed by atoms with E-state index in [0.717, 1.165) is 54.1 Å². The molecule has 0 spiro atoms. The van der Waals surface area contributed by atoms with Gasteiger partial charge in [0.1, 0.15) is 11.6 Å². The number of hydrogen-bond acceptors (Lipinski definition) is 5. The van der Waals surface area contributed by atoms with Crippen molar-refractivity contribution in [2.24, 2.45) is 5.41 Å². The smallest absolute Gasteiger partial charge is 0.204 e. The molecular weight excluding hydrogens is 338 g/mol. The molecule has 6 heteroatoms. The van der Waals surface area contributed by atoms with Crippen molar-refractivity contribution in [2.75, 3.05) is 11.9 Å². The summed E-state index contributed by atoms with van der Waals surface area (Å²) in [6, 6.07) is 6.21. The van der Waals surface area contributed by atoms with Crippen LogP contribution in [0.5, 0.6) is 0 Å². The Kier molecular flexibility index (Phi) is 5.44. The molecule has 0 atom stereocenters. The maximum atomic E-state index is 12.0. The summed E-state index contributed by atoms with van der Waals surface area (Å²) in [4.78, 5) is 16.7. The molecule has 6 nitrogen and oxygen atoms in total. The van der Waals surface area contributed by atoms with Gasteiger partial charge in [-0.25, -0.2) is 4.98 Å². The number of carbonyl (C=O) groups excluding carboxylic acids is 1. The van der Waals surface area contributed by atoms with Crippen molar-refractivity contribution in [3.8, 4) is 0 Å². The van der Waals surface area contributed by atoms with Crippen LogP contribution in [0.4, 0.5) is 5.82 Å². The quantitative estimate of drug-likeness (QED) is 0.623. The second-order valence-electron chi connectivity index (χ2n) is 8.27. The van der Waals surface area contributed by atoms with Crippen molar-refractivity contribution in [3.05, 3.63) is 29.6 Å². The van der Waals surface area contributed by atoms with E-state index in [-0.39, 0.29) is 5.41 Å². The van der Waals surface area contributed by atoms with E-state index in [2.05, 4.69) is 39.0 Å². The van der Waals surface area contributed by atoms with Crippen LogP contribution in [0.1, 0.15) is 57.8 Å². The van der Waals surface area contributed by atoms with Gasteiger partial charge in [-0.2, -0.15) is 0 Å². The number of benzene rings is 1. The van der Waals surface area contributed by atoms with E-state index in [0.29, 0.717) is 12.2 Å². The van der Waals surface area contributed by atoms with Crippen LogP contribution in [0.3, 0.4) is 0 Å². The lowest BCUT2D eigenvalue weighted by molar-refractivity contribution is -0.126. The zero-order valence-electron chi connectivity index (χ0n) is 17.0. The molecule has 0 radical (unpaired) electrons. The molecule has 0 aliphatic rings. The van der Waals surface area contributed by atoms with Crippen LogP contribution < -0.4 is 5.32 Å². The lowest BCUT2D eigenvalue weighted by atomic mass is 9.88. The number of fused-ring (bicyclic) bond motifs is 3. The van der Waals surface area contributed by atoms with Crippen LogP contribution in [-0.2, 0) is 4.79 Å². The van der Waals surface area contributed by atoms with Crippen LogP contribution in [0.15, 0.2) is 18.2 Å². The third-order valence-electron chi connectivity index (χ3n) is 4.85. The lowest BCUT2D eigenvalue weighted by Crippen LogP contribution is -2.19.